The summed E-state index contributed by atoms with van der Waals surface area (Å²) in [5, 5.41) is 0. The van der Waals surface area contributed by atoms with E-state index in [1.807, 2.05) is 0 Å². The fourth-order valence-electron chi connectivity index (χ4n) is 3.90. The topological polar surface area (TPSA) is 34.1 Å². The Bertz CT molecular complexity index is 560. The molecule has 0 aliphatic heterocycles. The van der Waals surface area contributed by atoms with Crippen LogP contribution in [-0.4, -0.2) is 11.6 Å². The van der Waals surface area contributed by atoms with Gasteiger partial charge in [-0.3, -0.25) is 9.59 Å². The van der Waals surface area contributed by atoms with Crippen molar-refractivity contribution in [1.29, 1.82) is 0 Å². The minimum atomic E-state index is 0.0514. The van der Waals surface area contributed by atoms with Crippen LogP contribution >= 0.6 is 0 Å². The number of ketones is 2. The second kappa shape index (κ2) is 4.03. The molecule has 2 nitrogen and oxygen atoms in total. The van der Waals surface area contributed by atoms with E-state index in [1.165, 1.54) is 17.7 Å². The Morgan fingerprint density at radius 2 is 1.58 bits per heavy atom. The quantitative estimate of drug-likeness (QED) is 0.562. The molecule has 0 radical (unpaired) electrons. The summed E-state index contributed by atoms with van der Waals surface area (Å²) in [6, 6.07) is 0. The summed E-state index contributed by atoms with van der Waals surface area (Å²) in [4.78, 5) is 24.4. The van der Waals surface area contributed by atoms with E-state index in [-0.39, 0.29) is 23.4 Å². The van der Waals surface area contributed by atoms with Crippen LogP contribution in [0, 0.1) is 29.6 Å². The lowest BCUT2D eigenvalue weighted by Gasteiger charge is -2.37. The van der Waals surface area contributed by atoms with E-state index in [2.05, 4.69) is 33.8 Å². The molecular formula is C17H20O2. The summed E-state index contributed by atoms with van der Waals surface area (Å²) in [6.07, 6.45) is 5.17. The normalized spacial score (nSPS) is 34.2. The second-order valence-corrected chi connectivity index (χ2v) is 6.48. The van der Waals surface area contributed by atoms with Crippen LogP contribution in [0.15, 0.2) is 34.9 Å². The Labute approximate surface area is 114 Å². The fraction of sp³-hybridized carbons (Fsp3) is 0.529. The monoisotopic (exact) mass is 256 g/mol. The predicted molar refractivity (Wildman–Crippen MR) is 74.4 cm³/mol. The first-order valence-corrected chi connectivity index (χ1v) is 7.12. The zero-order valence-electron chi connectivity index (χ0n) is 11.9. The van der Waals surface area contributed by atoms with Gasteiger partial charge in [0.15, 0.2) is 11.6 Å². The zero-order valence-corrected chi connectivity index (χ0v) is 11.9. The summed E-state index contributed by atoms with van der Waals surface area (Å²) in [6.45, 7) is 8.67. The number of allylic oxidation sites excluding steroid dienone is 6. The van der Waals surface area contributed by atoms with E-state index >= 15 is 0 Å². The maximum absolute atomic E-state index is 12.3. The first-order valence-electron chi connectivity index (χ1n) is 7.12. The van der Waals surface area contributed by atoms with Crippen molar-refractivity contribution in [3.63, 3.8) is 0 Å². The summed E-state index contributed by atoms with van der Waals surface area (Å²) in [5.41, 5.74) is 2.87. The van der Waals surface area contributed by atoms with Gasteiger partial charge in [0.1, 0.15) is 0 Å². The molecular weight excluding hydrogens is 236 g/mol. The molecule has 0 N–H and O–H groups in total. The van der Waals surface area contributed by atoms with E-state index in [0.717, 1.165) is 11.1 Å². The lowest BCUT2D eigenvalue weighted by Crippen LogP contribution is -2.31. The Balaban J connectivity index is 2.10. The van der Waals surface area contributed by atoms with Gasteiger partial charge in [0.25, 0.3) is 0 Å². The van der Waals surface area contributed by atoms with Gasteiger partial charge in [0.2, 0.25) is 0 Å². The van der Waals surface area contributed by atoms with Gasteiger partial charge >= 0.3 is 0 Å². The van der Waals surface area contributed by atoms with E-state index in [9.17, 15) is 9.59 Å². The molecule has 19 heavy (non-hydrogen) atoms. The maximum Gasteiger partial charge on any atom is 0.183 e. The number of hydrogen-bond acceptors (Lipinski definition) is 2. The molecule has 100 valence electrons. The molecule has 0 bridgehead atoms. The molecule has 3 rings (SSSR count). The van der Waals surface area contributed by atoms with Gasteiger partial charge in [0.05, 0.1) is 0 Å². The van der Waals surface area contributed by atoms with E-state index < -0.39 is 0 Å². The van der Waals surface area contributed by atoms with Crippen molar-refractivity contribution in [3.05, 3.63) is 34.9 Å². The second-order valence-electron chi connectivity index (χ2n) is 6.48. The summed E-state index contributed by atoms with van der Waals surface area (Å²) in [5.74, 6) is 1.86. The smallest absolute Gasteiger partial charge is 0.183 e. The Morgan fingerprint density at radius 1 is 1.00 bits per heavy atom. The Hall–Kier alpha value is -1.44. The van der Waals surface area contributed by atoms with Crippen molar-refractivity contribution in [2.75, 3.05) is 0 Å². The molecule has 3 aliphatic carbocycles. The van der Waals surface area contributed by atoms with Crippen LogP contribution < -0.4 is 0 Å². The first kappa shape index (κ1) is 12.6. The molecule has 0 spiro atoms. The molecule has 0 amide bonds. The molecule has 0 heterocycles. The van der Waals surface area contributed by atoms with Gasteiger partial charge < -0.3 is 0 Å². The molecule has 4 unspecified atom stereocenters. The van der Waals surface area contributed by atoms with Crippen molar-refractivity contribution < 1.29 is 9.59 Å². The van der Waals surface area contributed by atoms with Crippen molar-refractivity contribution in [2.24, 2.45) is 29.6 Å². The van der Waals surface area contributed by atoms with Gasteiger partial charge in [0, 0.05) is 17.1 Å². The standard InChI is InChI=1S/C17H20O2/c1-8(2)10(4)15-11-7-9(3)14(11)16-12(18)5-6-13(19)17(15)16/h5-8,10-11,14-15H,1-4H3. The lowest BCUT2D eigenvalue weighted by molar-refractivity contribution is -0.115. The Kier molecular flexibility index (Phi) is 2.67. The highest BCUT2D eigenvalue weighted by molar-refractivity contribution is 6.21. The zero-order chi connectivity index (χ0) is 13.9. The highest BCUT2D eigenvalue weighted by Gasteiger charge is 2.52. The van der Waals surface area contributed by atoms with Crippen LogP contribution in [0.5, 0.6) is 0 Å². The van der Waals surface area contributed by atoms with Gasteiger partial charge in [-0.15, -0.1) is 0 Å². The summed E-state index contributed by atoms with van der Waals surface area (Å²) >= 11 is 0. The third kappa shape index (κ3) is 1.55. The number of hydrogen-bond donors (Lipinski definition) is 0. The fourth-order valence-corrected chi connectivity index (χ4v) is 3.90. The molecule has 0 saturated carbocycles. The highest BCUT2D eigenvalue weighted by Crippen LogP contribution is 2.56. The van der Waals surface area contributed by atoms with Crippen LogP contribution in [0.25, 0.3) is 0 Å². The average molecular weight is 256 g/mol. The van der Waals surface area contributed by atoms with E-state index in [4.69, 9.17) is 0 Å². The summed E-state index contributed by atoms with van der Waals surface area (Å²) in [7, 11) is 0. The maximum atomic E-state index is 12.3. The van der Waals surface area contributed by atoms with E-state index in [0.29, 0.717) is 17.8 Å². The van der Waals surface area contributed by atoms with Gasteiger partial charge in [-0.25, -0.2) is 0 Å². The van der Waals surface area contributed by atoms with Crippen molar-refractivity contribution in [3.8, 4) is 0 Å². The van der Waals surface area contributed by atoms with Crippen LogP contribution in [0.3, 0.4) is 0 Å². The van der Waals surface area contributed by atoms with Gasteiger partial charge in [-0.1, -0.05) is 32.4 Å². The largest absolute Gasteiger partial charge is 0.290 e. The minimum absolute atomic E-state index is 0.0514. The molecule has 0 fully saturated rings. The molecule has 0 aromatic rings. The molecule has 0 saturated heterocycles. The van der Waals surface area contributed by atoms with Crippen LogP contribution in [0.4, 0.5) is 0 Å². The third-order valence-corrected chi connectivity index (χ3v) is 5.22. The van der Waals surface area contributed by atoms with Crippen molar-refractivity contribution in [1.82, 2.24) is 0 Å². The highest BCUT2D eigenvalue weighted by atomic mass is 16.1. The number of fused-ring (bicyclic) bond motifs is 2. The minimum Gasteiger partial charge on any atom is -0.290 e. The van der Waals surface area contributed by atoms with E-state index in [1.54, 1.807) is 0 Å². The molecule has 4 atom stereocenters. The Morgan fingerprint density at radius 3 is 2.11 bits per heavy atom. The van der Waals surface area contributed by atoms with Crippen LogP contribution in [-0.2, 0) is 9.59 Å². The van der Waals surface area contributed by atoms with Crippen molar-refractivity contribution in [2.45, 2.75) is 27.7 Å². The van der Waals surface area contributed by atoms with Crippen LogP contribution in [0.1, 0.15) is 27.7 Å². The molecule has 0 aromatic heterocycles. The number of rotatable bonds is 2. The average Bonchev–Trinajstić information content (AvgIpc) is 2.63. The predicted octanol–water partition coefficient (Wildman–Crippen LogP) is 3.11. The number of carbonyl (C=O) groups excluding carboxylic acids is 2. The molecule has 3 aliphatic rings. The third-order valence-electron chi connectivity index (χ3n) is 5.22. The SMILES string of the molecule is CC1=CC2C1C1=C(C(=O)C=CC1=O)C2C(C)C(C)C. The summed E-state index contributed by atoms with van der Waals surface area (Å²) < 4.78 is 0. The number of carbonyl (C=O) groups is 2. The van der Waals surface area contributed by atoms with Gasteiger partial charge in [-0.2, -0.15) is 0 Å². The molecule has 0 aromatic carbocycles. The van der Waals surface area contributed by atoms with Crippen LogP contribution in [0.2, 0.25) is 0 Å². The first-order chi connectivity index (χ1) is 8.93. The van der Waals surface area contributed by atoms with Crippen molar-refractivity contribution >= 4 is 11.6 Å². The molecule has 2 heteroatoms. The lowest BCUT2D eigenvalue weighted by atomic mass is 9.66. The van der Waals surface area contributed by atoms with Gasteiger partial charge in [-0.05, 0) is 42.7 Å².